The molecule has 0 radical (unpaired) electrons. The minimum Gasteiger partial charge on any atom is -0.315 e. The molecule has 0 heterocycles. The maximum absolute atomic E-state index is 3.48. The van der Waals surface area contributed by atoms with Crippen LogP contribution in [0.15, 0.2) is 0 Å². The third-order valence-corrected chi connectivity index (χ3v) is 2.15. The van der Waals surface area contributed by atoms with Crippen molar-refractivity contribution < 1.29 is 0 Å². The maximum Gasteiger partial charge on any atom is 0.0107 e. The summed E-state index contributed by atoms with van der Waals surface area (Å²) in [6.07, 6.45) is 0. The molecule has 0 unspecified atom stereocenters. The first kappa shape index (κ1) is 12.9. The fourth-order valence-electron chi connectivity index (χ4n) is 1.24. The topological polar surface area (TPSA) is 15.3 Å². The van der Waals surface area contributed by atoms with E-state index in [4.69, 9.17) is 0 Å². The van der Waals surface area contributed by atoms with E-state index in [-0.39, 0.29) is 0 Å². The fraction of sp³-hybridized carbons (Fsp3) is 1.00. The first-order chi connectivity index (χ1) is 5.99. The number of nitrogens with zero attached hydrogens (tertiary/aromatic N) is 1. The van der Waals surface area contributed by atoms with Crippen LogP contribution in [0.2, 0.25) is 0 Å². The molecule has 0 aliphatic heterocycles. The number of hydrogen-bond acceptors (Lipinski definition) is 2. The maximum atomic E-state index is 3.48. The van der Waals surface area contributed by atoms with Gasteiger partial charge in [-0.1, -0.05) is 34.6 Å². The largest absolute Gasteiger partial charge is 0.315 e. The van der Waals surface area contributed by atoms with Gasteiger partial charge in [-0.05, 0) is 18.5 Å². The molecule has 0 amide bonds. The zero-order valence-electron chi connectivity index (χ0n) is 9.98. The lowest BCUT2D eigenvalue weighted by Crippen LogP contribution is -2.35. The minimum atomic E-state index is 0.406. The molecule has 0 saturated carbocycles. The van der Waals surface area contributed by atoms with Crippen LogP contribution in [0.4, 0.5) is 0 Å². The highest BCUT2D eigenvalue weighted by atomic mass is 15.1. The molecule has 0 aromatic heterocycles. The molecular formula is C11H26N2. The van der Waals surface area contributed by atoms with Crippen molar-refractivity contribution in [1.82, 2.24) is 10.2 Å². The van der Waals surface area contributed by atoms with Crippen molar-refractivity contribution in [3.8, 4) is 0 Å². The summed E-state index contributed by atoms with van der Waals surface area (Å²) in [6.45, 7) is 16.9. The molecule has 1 N–H and O–H groups in total. The number of rotatable bonds is 6. The van der Waals surface area contributed by atoms with Crippen LogP contribution in [0, 0.1) is 5.41 Å². The number of hydrogen-bond donors (Lipinski definition) is 1. The van der Waals surface area contributed by atoms with Crippen molar-refractivity contribution in [2.45, 2.75) is 34.6 Å². The molecule has 0 rings (SSSR count). The summed E-state index contributed by atoms with van der Waals surface area (Å²) in [5.41, 5.74) is 0.406. The zero-order chi connectivity index (χ0) is 10.3. The van der Waals surface area contributed by atoms with Gasteiger partial charge in [0.25, 0.3) is 0 Å². The highest BCUT2D eigenvalue weighted by molar-refractivity contribution is 4.65. The molecule has 0 aromatic rings. The standard InChI is InChI=1S/C11H26N2/c1-6-13(7-2)9-8-12-10-11(3,4)5/h12H,6-10H2,1-5H3. The number of likely N-dealkylation sites (N-methyl/N-ethyl adjacent to an activating group) is 1. The average molecular weight is 186 g/mol. The van der Waals surface area contributed by atoms with Gasteiger partial charge in [-0.25, -0.2) is 0 Å². The van der Waals surface area contributed by atoms with E-state index >= 15 is 0 Å². The monoisotopic (exact) mass is 186 g/mol. The first-order valence-electron chi connectivity index (χ1n) is 5.42. The second-order valence-electron chi connectivity index (χ2n) is 4.76. The Bertz CT molecular complexity index is 112. The van der Waals surface area contributed by atoms with Crippen molar-refractivity contribution in [3.05, 3.63) is 0 Å². The van der Waals surface area contributed by atoms with Gasteiger partial charge in [0.15, 0.2) is 0 Å². The Morgan fingerprint density at radius 2 is 1.62 bits per heavy atom. The Hall–Kier alpha value is -0.0800. The second-order valence-corrected chi connectivity index (χ2v) is 4.76. The summed E-state index contributed by atoms with van der Waals surface area (Å²) in [5, 5.41) is 3.48. The summed E-state index contributed by atoms with van der Waals surface area (Å²) in [5.74, 6) is 0. The number of nitrogens with one attached hydrogen (secondary N) is 1. The van der Waals surface area contributed by atoms with Crippen molar-refractivity contribution in [1.29, 1.82) is 0 Å². The Morgan fingerprint density at radius 1 is 1.08 bits per heavy atom. The summed E-state index contributed by atoms with van der Waals surface area (Å²) >= 11 is 0. The fourth-order valence-corrected chi connectivity index (χ4v) is 1.24. The van der Waals surface area contributed by atoms with E-state index in [1.807, 2.05) is 0 Å². The van der Waals surface area contributed by atoms with Crippen molar-refractivity contribution in [2.24, 2.45) is 5.41 Å². The van der Waals surface area contributed by atoms with Gasteiger partial charge in [0.1, 0.15) is 0 Å². The molecule has 13 heavy (non-hydrogen) atoms. The quantitative estimate of drug-likeness (QED) is 0.638. The Kier molecular flexibility index (Phi) is 6.35. The van der Waals surface area contributed by atoms with Crippen LogP contribution < -0.4 is 5.32 Å². The predicted octanol–water partition coefficient (Wildman–Crippen LogP) is 1.96. The van der Waals surface area contributed by atoms with Crippen LogP contribution in [-0.2, 0) is 0 Å². The summed E-state index contributed by atoms with van der Waals surface area (Å²) < 4.78 is 0. The molecule has 0 aliphatic rings. The smallest absolute Gasteiger partial charge is 0.0107 e. The molecule has 0 atom stereocenters. The molecule has 0 fully saturated rings. The van der Waals surface area contributed by atoms with Crippen LogP contribution in [0.5, 0.6) is 0 Å². The third kappa shape index (κ3) is 8.26. The minimum absolute atomic E-state index is 0.406. The molecule has 0 aliphatic carbocycles. The molecular weight excluding hydrogens is 160 g/mol. The average Bonchev–Trinajstić information content (AvgIpc) is 2.03. The molecule has 2 heteroatoms. The Morgan fingerprint density at radius 3 is 2.00 bits per heavy atom. The molecule has 0 bridgehead atoms. The third-order valence-electron chi connectivity index (χ3n) is 2.15. The van der Waals surface area contributed by atoms with Crippen LogP contribution in [-0.4, -0.2) is 37.6 Å². The second kappa shape index (κ2) is 6.39. The zero-order valence-corrected chi connectivity index (χ0v) is 9.98. The molecule has 2 nitrogen and oxygen atoms in total. The van der Waals surface area contributed by atoms with Crippen LogP contribution >= 0.6 is 0 Å². The lowest BCUT2D eigenvalue weighted by Gasteiger charge is -2.22. The first-order valence-corrected chi connectivity index (χ1v) is 5.42. The highest BCUT2D eigenvalue weighted by Gasteiger charge is 2.08. The molecule has 80 valence electrons. The van der Waals surface area contributed by atoms with Gasteiger partial charge in [0.05, 0.1) is 0 Å². The van der Waals surface area contributed by atoms with Gasteiger partial charge in [0.2, 0.25) is 0 Å². The molecule has 0 saturated heterocycles. The summed E-state index contributed by atoms with van der Waals surface area (Å²) in [7, 11) is 0. The van der Waals surface area contributed by atoms with Gasteiger partial charge in [-0.2, -0.15) is 0 Å². The van der Waals surface area contributed by atoms with E-state index in [0.717, 1.165) is 26.2 Å². The van der Waals surface area contributed by atoms with E-state index in [0.29, 0.717) is 5.41 Å². The lowest BCUT2D eigenvalue weighted by atomic mass is 9.97. The van der Waals surface area contributed by atoms with E-state index in [1.54, 1.807) is 0 Å². The van der Waals surface area contributed by atoms with Gasteiger partial charge in [-0.3, -0.25) is 0 Å². The van der Waals surface area contributed by atoms with Crippen molar-refractivity contribution in [3.63, 3.8) is 0 Å². The normalized spacial score (nSPS) is 12.5. The van der Waals surface area contributed by atoms with Crippen molar-refractivity contribution >= 4 is 0 Å². The van der Waals surface area contributed by atoms with E-state index in [2.05, 4.69) is 44.8 Å². The lowest BCUT2D eigenvalue weighted by molar-refractivity contribution is 0.291. The SMILES string of the molecule is CCN(CC)CCNCC(C)(C)C. The Balaban J connectivity index is 3.34. The van der Waals surface area contributed by atoms with Gasteiger partial charge < -0.3 is 10.2 Å². The molecule has 0 spiro atoms. The van der Waals surface area contributed by atoms with E-state index in [1.165, 1.54) is 6.54 Å². The van der Waals surface area contributed by atoms with E-state index < -0.39 is 0 Å². The molecule has 0 aromatic carbocycles. The predicted molar refractivity (Wildman–Crippen MR) is 60.1 cm³/mol. The van der Waals surface area contributed by atoms with Gasteiger partial charge in [0, 0.05) is 19.6 Å². The van der Waals surface area contributed by atoms with Crippen LogP contribution in [0.1, 0.15) is 34.6 Å². The van der Waals surface area contributed by atoms with Crippen LogP contribution in [0.3, 0.4) is 0 Å². The van der Waals surface area contributed by atoms with Gasteiger partial charge >= 0.3 is 0 Å². The highest BCUT2D eigenvalue weighted by Crippen LogP contribution is 2.09. The van der Waals surface area contributed by atoms with Crippen molar-refractivity contribution in [2.75, 3.05) is 32.7 Å². The summed E-state index contributed by atoms with van der Waals surface area (Å²) in [4.78, 5) is 2.44. The summed E-state index contributed by atoms with van der Waals surface area (Å²) in [6, 6.07) is 0. The van der Waals surface area contributed by atoms with E-state index in [9.17, 15) is 0 Å². The van der Waals surface area contributed by atoms with Gasteiger partial charge in [-0.15, -0.1) is 0 Å². The van der Waals surface area contributed by atoms with Crippen LogP contribution in [0.25, 0.3) is 0 Å². The Labute approximate surface area is 83.7 Å².